The molecule has 5 heteroatoms. The zero-order chi connectivity index (χ0) is 16.0. The van der Waals surface area contributed by atoms with Crippen LogP contribution in [0.15, 0.2) is 60.7 Å². The molecule has 0 saturated heterocycles. The van der Waals surface area contributed by atoms with Crippen LogP contribution in [0.25, 0.3) is 0 Å². The number of carboxylic acid groups (broad SMARTS) is 1. The number of aliphatic carboxylic acids is 1. The number of rotatable bonds is 7. The minimum atomic E-state index is -3.28. The summed E-state index contributed by atoms with van der Waals surface area (Å²) in [5, 5.41) is 10.8. The Bertz CT molecular complexity index is 615. The Hall–Kier alpha value is -1.57. The lowest BCUT2D eigenvalue weighted by Crippen LogP contribution is -2.31. The maximum Gasteiger partial charge on any atom is 0.314 e. The van der Waals surface area contributed by atoms with Crippen molar-refractivity contribution in [3.8, 4) is 0 Å². The molecule has 0 aliphatic rings. The van der Waals surface area contributed by atoms with Crippen molar-refractivity contribution in [1.82, 2.24) is 0 Å². The number of benzene rings is 2. The Morgan fingerprint density at radius 3 is 1.82 bits per heavy atom. The fraction of sp³-hybridized carbons (Fsp3) is 0.235. The van der Waals surface area contributed by atoms with Crippen LogP contribution in [-0.4, -0.2) is 22.6 Å². The van der Waals surface area contributed by atoms with E-state index < -0.39 is 18.8 Å². The molecular weight excluding hydrogens is 319 g/mol. The summed E-state index contributed by atoms with van der Waals surface area (Å²) >= 11 is 5.71. The molecule has 0 aromatic heterocycles. The van der Waals surface area contributed by atoms with Crippen molar-refractivity contribution < 1.29 is 14.5 Å². The minimum absolute atomic E-state index is 0.292. The van der Waals surface area contributed by atoms with Crippen molar-refractivity contribution in [2.24, 2.45) is 0 Å². The number of alkyl halides is 1. The molecule has 0 bridgehead atoms. The molecule has 0 heterocycles. The van der Waals surface area contributed by atoms with Crippen LogP contribution in [0.3, 0.4) is 0 Å². The summed E-state index contributed by atoms with van der Waals surface area (Å²) in [6.45, 7) is 0. The van der Waals surface area contributed by atoms with E-state index in [2.05, 4.69) is 0 Å². The largest absolute Gasteiger partial charge is 0.481 e. The molecule has 1 N–H and O–H groups in total. The van der Waals surface area contributed by atoms with Crippen LogP contribution in [0.4, 0.5) is 0 Å². The number of carboxylic acids is 1. The van der Waals surface area contributed by atoms with Gasteiger partial charge in [0.1, 0.15) is 5.66 Å². The summed E-state index contributed by atoms with van der Waals surface area (Å²) in [4.78, 5) is 11.8. The Balaban J connectivity index is 2.59. The topological polar surface area (TPSA) is 54.4 Å². The maximum absolute atomic E-state index is 13.8. The summed E-state index contributed by atoms with van der Waals surface area (Å²) < 4.78 is 13.8. The van der Waals surface area contributed by atoms with Crippen molar-refractivity contribution in [2.75, 3.05) is 5.88 Å². The van der Waals surface area contributed by atoms with Crippen molar-refractivity contribution >= 4 is 35.3 Å². The monoisotopic (exact) mass is 336 g/mol. The first kappa shape index (κ1) is 16.8. The van der Waals surface area contributed by atoms with Gasteiger partial charge in [-0.1, -0.05) is 60.7 Å². The van der Waals surface area contributed by atoms with Gasteiger partial charge >= 0.3 is 5.97 Å². The van der Waals surface area contributed by atoms with Crippen molar-refractivity contribution in [2.45, 2.75) is 18.5 Å². The highest BCUT2D eigenvalue weighted by Crippen LogP contribution is 2.50. The van der Waals surface area contributed by atoms with E-state index in [1.807, 2.05) is 12.1 Å². The smallest absolute Gasteiger partial charge is 0.314 e. The quantitative estimate of drug-likeness (QED) is 0.622. The fourth-order valence-corrected chi connectivity index (χ4v) is 5.80. The second-order valence-electron chi connectivity index (χ2n) is 5.01. The van der Waals surface area contributed by atoms with Crippen LogP contribution in [0, 0.1) is 0 Å². The van der Waals surface area contributed by atoms with Gasteiger partial charge in [0.25, 0.3) is 0 Å². The molecule has 0 unspecified atom stereocenters. The molecule has 3 nitrogen and oxygen atoms in total. The van der Waals surface area contributed by atoms with Gasteiger partial charge in [0, 0.05) is 16.5 Å². The van der Waals surface area contributed by atoms with Gasteiger partial charge in [-0.3, -0.25) is 4.79 Å². The molecule has 2 aromatic carbocycles. The van der Waals surface area contributed by atoms with Gasteiger partial charge in [0.15, 0.2) is 7.14 Å². The Kier molecular flexibility index (Phi) is 5.82. The number of carbonyl (C=O) groups is 1. The zero-order valence-corrected chi connectivity index (χ0v) is 13.7. The summed E-state index contributed by atoms with van der Waals surface area (Å²) in [6.07, 6.45) is 0.808. The second kappa shape index (κ2) is 7.62. The van der Waals surface area contributed by atoms with Gasteiger partial charge in [-0.05, 0) is 12.8 Å². The molecule has 0 aliphatic carbocycles. The normalized spacial score (nSPS) is 12.8. The van der Waals surface area contributed by atoms with Crippen LogP contribution in [0.1, 0.15) is 12.8 Å². The predicted molar refractivity (Wildman–Crippen MR) is 91.1 cm³/mol. The average molecular weight is 337 g/mol. The van der Waals surface area contributed by atoms with E-state index in [1.165, 1.54) is 0 Å². The first-order valence-corrected chi connectivity index (χ1v) is 9.41. The van der Waals surface area contributed by atoms with Gasteiger partial charge in [0.2, 0.25) is 0 Å². The fourth-order valence-electron chi connectivity index (χ4n) is 2.54. The van der Waals surface area contributed by atoms with Gasteiger partial charge < -0.3 is 9.67 Å². The molecule has 116 valence electrons. The minimum Gasteiger partial charge on any atom is -0.481 e. The highest BCUT2D eigenvalue weighted by Gasteiger charge is 2.40. The van der Waals surface area contributed by atoms with Crippen molar-refractivity contribution in [3.05, 3.63) is 60.7 Å². The van der Waals surface area contributed by atoms with Crippen LogP contribution >= 0.6 is 18.7 Å². The Labute approximate surface area is 135 Å². The van der Waals surface area contributed by atoms with Crippen LogP contribution in [0.2, 0.25) is 0 Å². The third kappa shape index (κ3) is 3.43. The molecule has 0 spiro atoms. The molecule has 2 rings (SSSR count). The molecule has 0 fully saturated rings. The third-order valence-corrected chi connectivity index (χ3v) is 7.37. The molecule has 1 atom stereocenters. The lowest BCUT2D eigenvalue weighted by Gasteiger charge is -2.25. The van der Waals surface area contributed by atoms with E-state index in [1.54, 1.807) is 48.5 Å². The first-order valence-electron chi connectivity index (χ1n) is 7.10. The Morgan fingerprint density at radius 2 is 1.45 bits per heavy atom. The second-order valence-corrected chi connectivity index (χ2v) is 8.36. The summed E-state index contributed by atoms with van der Waals surface area (Å²) in [5.41, 5.74) is -0.962. The van der Waals surface area contributed by atoms with Crippen molar-refractivity contribution in [3.63, 3.8) is 0 Å². The van der Waals surface area contributed by atoms with Crippen LogP contribution in [-0.2, 0) is 9.36 Å². The van der Waals surface area contributed by atoms with E-state index in [0.717, 1.165) is 0 Å². The molecule has 2 aromatic rings. The van der Waals surface area contributed by atoms with Gasteiger partial charge in [-0.15, -0.1) is 11.6 Å². The molecule has 0 radical (unpaired) electrons. The lowest BCUT2D eigenvalue weighted by molar-refractivity contribution is -0.136. The van der Waals surface area contributed by atoms with E-state index in [9.17, 15) is 14.5 Å². The molecular formula is C17H18ClO3P. The highest BCUT2D eigenvalue weighted by atomic mass is 35.5. The first-order chi connectivity index (χ1) is 10.6. The number of hydrogen-bond acceptors (Lipinski definition) is 2. The SMILES string of the molecule is O=C(O)[C@@H](CCCCl)P(=O)(c1ccccc1)c1ccccc1. The van der Waals surface area contributed by atoms with Crippen LogP contribution in [0.5, 0.6) is 0 Å². The number of hydrogen-bond donors (Lipinski definition) is 1. The van der Waals surface area contributed by atoms with Crippen LogP contribution < -0.4 is 10.6 Å². The molecule has 0 amide bonds. The predicted octanol–water partition coefficient (Wildman–Crippen LogP) is 3.47. The van der Waals surface area contributed by atoms with Gasteiger partial charge in [-0.25, -0.2) is 0 Å². The summed E-state index contributed by atoms with van der Waals surface area (Å²) in [7, 11) is -3.28. The van der Waals surface area contributed by atoms with E-state index in [4.69, 9.17) is 11.6 Å². The summed E-state index contributed by atoms with van der Waals surface area (Å²) in [5.74, 6) is -0.686. The average Bonchev–Trinajstić information content (AvgIpc) is 2.56. The van der Waals surface area contributed by atoms with Gasteiger partial charge in [-0.2, -0.15) is 0 Å². The van der Waals surface area contributed by atoms with E-state index >= 15 is 0 Å². The molecule has 0 saturated carbocycles. The maximum atomic E-state index is 13.8. The lowest BCUT2D eigenvalue weighted by atomic mass is 10.2. The summed E-state index contributed by atoms with van der Waals surface area (Å²) in [6, 6.07) is 17.7. The molecule has 0 aliphatic heterocycles. The zero-order valence-electron chi connectivity index (χ0n) is 12.1. The van der Waals surface area contributed by atoms with Gasteiger partial charge in [0.05, 0.1) is 0 Å². The standard InChI is InChI=1S/C17H18ClO3P/c18-13-7-12-16(17(19)20)22(21,14-8-3-1-4-9-14)15-10-5-2-6-11-15/h1-6,8-11,16H,7,12-13H2,(H,19,20)/t16-/m1/s1. The van der Waals surface area contributed by atoms with E-state index in [-0.39, 0.29) is 0 Å². The third-order valence-electron chi connectivity index (χ3n) is 3.61. The molecule has 22 heavy (non-hydrogen) atoms. The number of halogens is 1. The highest BCUT2D eigenvalue weighted by molar-refractivity contribution is 7.80. The van der Waals surface area contributed by atoms with E-state index in [0.29, 0.717) is 29.3 Å². The Morgan fingerprint density at radius 1 is 1.00 bits per heavy atom. The van der Waals surface area contributed by atoms with Crippen molar-refractivity contribution in [1.29, 1.82) is 0 Å².